The van der Waals surface area contributed by atoms with Crippen LogP contribution in [-0.2, 0) is 11.3 Å². The zero-order valence-electron chi connectivity index (χ0n) is 15.0. The number of hydrogen-bond donors (Lipinski definition) is 0. The zero-order valence-corrected chi connectivity index (χ0v) is 15.0. The van der Waals surface area contributed by atoms with Crippen LogP contribution in [-0.4, -0.2) is 17.9 Å². The highest BCUT2D eigenvalue weighted by Gasteiger charge is 2.20. The van der Waals surface area contributed by atoms with Gasteiger partial charge in [-0.05, 0) is 29.7 Å². The molecule has 0 bridgehead atoms. The minimum absolute atomic E-state index is 0.0271. The van der Waals surface area contributed by atoms with E-state index in [0.29, 0.717) is 17.7 Å². The number of hydrogen-bond acceptors (Lipinski definition) is 1. The van der Waals surface area contributed by atoms with E-state index in [0.717, 1.165) is 11.1 Å². The van der Waals surface area contributed by atoms with Gasteiger partial charge in [0, 0.05) is 19.2 Å². The monoisotopic (exact) mass is 347 g/mol. The summed E-state index contributed by atoms with van der Waals surface area (Å²) in [6.45, 7) is 2.36. The van der Waals surface area contributed by atoms with Gasteiger partial charge in [0.2, 0.25) is 5.91 Å². The van der Waals surface area contributed by atoms with Gasteiger partial charge >= 0.3 is 0 Å². The molecule has 2 nitrogen and oxygen atoms in total. The average molecular weight is 347 g/mol. The van der Waals surface area contributed by atoms with Gasteiger partial charge in [-0.3, -0.25) is 4.79 Å². The topological polar surface area (TPSA) is 20.3 Å². The molecule has 0 saturated carbocycles. The van der Waals surface area contributed by atoms with Crippen molar-refractivity contribution in [3.63, 3.8) is 0 Å². The molecule has 0 unspecified atom stereocenters. The lowest BCUT2D eigenvalue weighted by Crippen LogP contribution is -2.30. The van der Waals surface area contributed by atoms with Gasteiger partial charge in [0.1, 0.15) is 5.82 Å². The molecule has 0 aliphatic heterocycles. The lowest BCUT2D eigenvalue weighted by Gasteiger charge is -2.22. The Bertz CT molecular complexity index is 877. The van der Waals surface area contributed by atoms with Crippen LogP contribution >= 0.6 is 0 Å². The molecule has 0 saturated heterocycles. The van der Waals surface area contributed by atoms with Crippen molar-refractivity contribution in [2.24, 2.45) is 0 Å². The second kappa shape index (κ2) is 7.96. The van der Waals surface area contributed by atoms with E-state index >= 15 is 0 Å². The first-order valence-electron chi connectivity index (χ1n) is 8.70. The largest absolute Gasteiger partial charge is 0.341 e. The summed E-state index contributed by atoms with van der Waals surface area (Å²) in [7, 11) is 1.78. The highest BCUT2D eigenvalue weighted by Crippen LogP contribution is 2.27. The molecule has 1 amide bonds. The maximum absolute atomic E-state index is 14.6. The maximum Gasteiger partial charge on any atom is 0.229 e. The summed E-state index contributed by atoms with van der Waals surface area (Å²) >= 11 is 0. The molecule has 0 radical (unpaired) electrons. The van der Waals surface area contributed by atoms with E-state index in [9.17, 15) is 9.18 Å². The van der Waals surface area contributed by atoms with E-state index in [1.165, 1.54) is 6.07 Å². The standard InChI is InChI=1S/C23H22FNO/c1-17(23(26)25(2)16-18-9-5-3-6-10-18)20-13-14-21(22(24)15-20)19-11-7-4-8-12-19/h3-15,17H,16H2,1-2H3/t17-/m1/s1. The van der Waals surface area contributed by atoms with Crippen molar-refractivity contribution in [3.8, 4) is 11.1 Å². The van der Waals surface area contributed by atoms with Gasteiger partial charge in [-0.25, -0.2) is 4.39 Å². The van der Waals surface area contributed by atoms with Crippen LogP contribution in [0, 0.1) is 5.82 Å². The van der Waals surface area contributed by atoms with Crippen LogP contribution in [0.3, 0.4) is 0 Å². The third kappa shape index (κ3) is 3.99. The van der Waals surface area contributed by atoms with Crippen LogP contribution in [0.25, 0.3) is 11.1 Å². The predicted molar refractivity (Wildman–Crippen MR) is 103 cm³/mol. The summed E-state index contributed by atoms with van der Waals surface area (Å²) in [6.07, 6.45) is 0. The Morgan fingerprint density at radius 3 is 2.19 bits per heavy atom. The van der Waals surface area contributed by atoms with E-state index in [1.54, 1.807) is 18.0 Å². The van der Waals surface area contributed by atoms with Crippen LogP contribution in [0.2, 0.25) is 0 Å². The molecule has 0 heterocycles. The van der Waals surface area contributed by atoms with Gasteiger partial charge in [-0.2, -0.15) is 0 Å². The molecular weight excluding hydrogens is 325 g/mol. The molecule has 3 aromatic rings. The molecule has 0 spiro atoms. The summed E-state index contributed by atoms with van der Waals surface area (Å²) in [5.41, 5.74) is 3.14. The molecule has 3 heteroatoms. The van der Waals surface area contributed by atoms with Gasteiger partial charge < -0.3 is 4.90 Å². The van der Waals surface area contributed by atoms with Crippen LogP contribution < -0.4 is 0 Å². The van der Waals surface area contributed by atoms with Crippen molar-refractivity contribution in [1.82, 2.24) is 4.90 Å². The maximum atomic E-state index is 14.6. The van der Waals surface area contributed by atoms with Gasteiger partial charge in [-0.15, -0.1) is 0 Å². The smallest absolute Gasteiger partial charge is 0.229 e. The van der Waals surface area contributed by atoms with Crippen molar-refractivity contribution in [2.45, 2.75) is 19.4 Å². The predicted octanol–water partition coefficient (Wildman–Crippen LogP) is 5.25. The summed E-state index contributed by atoms with van der Waals surface area (Å²) in [6, 6.07) is 24.3. The fraction of sp³-hybridized carbons (Fsp3) is 0.174. The van der Waals surface area contributed by atoms with E-state index in [4.69, 9.17) is 0 Å². The fourth-order valence-electron chi connectivity index (χ4n) is 3.06. The summed E-state index contributed by atoms with van der Waals surface area (Å²) in [4.78, 5) is 14.4. The normalized spacial score (nSPS) is 11.8. The quantitative estimate of drug-likeness (QED) is 0.617. The van der Waals surface area contributed by atoms with Gasteiger partial charge in [0.25, 0.3) is 0 Å². The van der Waals surface area contributed by atoms with Crippen LogP contribution in [0.15, 0.2) is 78.9 Å². The zero-order chi connectivity index (χ0) is 18.5. The first-order valence-corrected chi connectivity index (χ1v) is 8.70. The first kappa shape index (κ1) is 17.9. The number of halogens is 1. The number of carbonyl (C=O) groups excluding carboxylic acids is 1. The Morgan fingerprint density at radius 1 is 0.962 bits per heavy atom. The van der Waals surface area contributed by atoms with E-state index in [-0.39, 0.29) is 11.7 Å². The van der Waals surface area contributed by atoms with Crippen LogP contribution in [0.5, 0.6) is 0 Å². The van der Waals surface area contributed by atoms with Crippen LogP contribution in [0.4, 0.5) is 4.39 Å². The Morgan fingerprint density at radius 2 is 1.58 bits per heavy atom. The Labute approximate surface area is 153 Å². The molecule has 132 valence electrons. The van der Waals surface area contributed by atoms with Crippen molar-refractivity contribution < 1.29 is 9.18 Å². The number of nitrogens with zero attached hydrogens (tertiary/aromatic N) is 1. The van der Waals surface area contributed by atoms with Crippen molar-refractivity contribution >= 4 is 5.91 Å². The molecule has 0 aliphatic carbocycles. The van der Waals surface area contributed by atoms with Crippen molar-refractivity contribution in [1.29, 1.82) is 0 Å². The van der Waals surface area contributed by atoms with Gasteiger partial charge in [0.05, 0.1) is 5.92 Å². The number of rotatable bonds is 5. The SMILES string of the molecule is C[C@@H](C(=O)N(C)Cc1ccccc1)c1ccc(-c2ccccc2)c(F)c1. The molecule has 0 aliphatic rings. The van der Waals surface area contributed by atoms with E-state index in [1.807, 2.05) is 73.7 Å². The average Bonchev–Trinajstić information content (AvgIpc) is 2.68. The van der Waals surface area contributed by atoms with Crippen molar-refractivity contribution in [2.75, 3.05) is 7.05 Å². The number of benzene rings is 3. The lowest BCUT2D eigenvalue weighted by atomic mass is 9.96. The second-order valence-electron chi connectivity index (χ2n) is 6.51. The molecule has 26 heavy (non-hydrogen) atoms. The molecular formula is C23H22FNO. The third-order valence-corrected chi connectivity index (χ3v) is 4.59. The van der Waals surface area contributed by atoms with Gasteiger partial charge in [-0.1, -0.05) is 72.8 Å². The molecule has 3 aromatic carbocycles. The lowest BCUT2D eigenvalue weighted by molar-refractivity contribution is -0.131. The van der Waals surface area contributed by atoms with Crippen LogP contribution in [0.1, 0.15) is 24.0 Å². The molecule has 0 N–H and O–H groups in total. The third-order valence-electron chi connectivity index (χ3n) is 4.59. The van der Waals surface area contributed by atoms with E-state index < -0.39 is 5.92 Å². The number of likely N-dealkylation sites (N-methyl/N-ethyl adjacent to an activating group) is 1. The summed E-state index contributed by atoms with van der Waals surface area (Å²) in [5, 5.41) is 0. The first-order chi connectivity index (χ1) is 12.6. The molecule has 1 atom stereocenters. The van der Waals surface area contributed by atoms with E-state index in [2.05, 4.69) is 0 Å². The minimum Gasteiger partial charge on any atom is -0.341 e. The fourth-order valence-corrected chi connectivity index (χ4v) is 3.06. The van der Waals surface area contributed by atoms with Gasteiger partial charge in [0.15, 0.2) is 0 Å². The number of amides is 1. The second-order valence-corrected chi connectivity index (χ2v) is 6.51. The Balaban J connectivity index is 1.76. The highest BCUT2D eigenvalue weighted by molar-refractivity contribution is 5.83. The number of carbonyl (C=O) groups is 1. The molecule has 0 fully saturated rings. The van der Waals surface area contributed by atoms with Crippen molar-refractivity contribution in [3.05, 3.63) is 95.8 Å². The Kier molecular flexibility index (Phi) is 5.47. The minimum atomic E-state index is -0.400. The Hall–Kier alpha value is -2.94. The molecule has 0 aromatic heterocycles. The molecule has 3 rings (SSSR count). The highest BCUT2D eigenvalue weighted by atomic mass is 19.1. The summed E-state index contributed by atoms with van der Waals surface area (Å²) < 4.78 is 14.6. The summed E-state index contributed by atoms with van der Waals surface area (Å²) in [5.74, 6) is -0.734.